The molecule has 0 unspecified atom stereocenters. The van der Waals surface area contributed by atoms with Gasteiger partial charge in [0.25, 0.3) is 0 Å². The Bertz CT molecular complexity index is 829. The van der Waals surface area contributed by atoms with Gasteiger partial charge in [0.15, 0.2) is 5.17 Å². The van der Waals surface area contributed by atoms with Crippen LogP contribution in [0.15, 0.2) is 53.2 Å². The molecular weight excluding hydrogens is 376 g/mol. The third-order valence-corrected chi connectivity index (χ3v) is 5.38. The zero-order valence-electron chi connectivity index (χ0n) is 16.1. The second-order valence-corrected chi connectivity index (χ2v) is 7.52. The van der Waals surface area contributed by atoms with Gasteiger partial charge in [-0.1, -0.05) is 43.5 Å². The van der Waals surface area contributed by atoms with E-state index in [1.54, 1.807) is 11.8 Å². The lowest BCUT2D eigenvalue weighted by Gasteiger charge is -2.38. The van der Waals surface area contributed by atoms with E-state index in [4.69, 9.17) is 9.47 Å². The van der Waals surface area contributed by atoms with Crippen molar-refractivity contribution in [3.63, 3.8) is 0 Å². The van der Waals surface area contributed by atoms with Gasteiger partial charge in [0, 0.05) is 12.2 Å². The van der Waals surface area contributed by atoms with Crippen LogP contribution in [0.4, 0.5) is 0 Å². The molecule has 1 fully saturated rings. The molecule has 2 aliphatic heterocycles. The van der Waals surface area contributed by atoms with Gasteiger partial charge in [-0.25, -0.2) is 9.79 Å². The number of carbonyl (C=O) groups is 2. The Kier molecular flexibility index (Phi) is 6.57. The van der Waals surface area contributed by atoms with Gasteiger partial charge in [-0.2, -0.15) is 0 Å². The Morgan fingerprint density at radius 1 is 1.39 bits per heavy atom. The van der Waals surface area contributed by atoms with Gasteiger partial charge in [-0.05, 0) is 31.0 Å². The highest BCUT2D eigenvalue weighted by Crippen LogP contribution is 2.40. The van der Waals surface area contributed by atoms with Gasteiger partial charge in [0.2, 0.25) is 5.91 Å². The number of benzene rings is 1. The molecule has 0 bridgehead atoms. The van der Waals surface area contributed by atoms with Crippen LogP contribution < -0.4 is 4.74 Å². The number of amides is 1. The first-order chi connectivity index (χ1) is 13.6. The van der Waals surface area contributed by atoms with Crippen LogP contribution in [0.25, 0.3) is 0 Å². The molecule has 0 N–H and O–H groups in total. The van der Waals surface area contributed by atoms with E-state index in [-0.39, 0.29) is 12.5 Å². The van der Waals surface area contributed by atoms with E-state index >= 15 is 0 Å². The maximum atomic E-state index is 12.8. The molecule has 1 aromatic rings. The topological polar surface area (TPSA) is 68.2 Å². The Morgan fingerprint density at radius 2 is 2.14 bits per heavy atom. The number of amidine groups is 1. The average molecular weight is 401 g/mol. The van der Waals surface area contributed by atoms with Crippen molar-refractivity contribution in [3.05, 3.63) is 53.8 Å². The van der Waals surface area contributed by atoms with Crippen molar-refractivity contribution in [1.82, 2.24) is 4.90 Å². The van der Waals surface area contributed by atoms with Crippen molar-refractivity contribution in [3.8, 4) is 5.75 Å². The average Bonchev–Trinajstić information content (AvgIpc) is 2.70. The third-order valence-electron chi connectivity index (χ3n) is 4.43. The molecule has 7 heteroatoms. The van der Waals surface area contributed by atoms with E-state index in [0.29, 0.717) is 35.2 Å². The van der Waals surface area contributed by atoms with Gasteiger partial charge in [0.1, 0.15) is 12.4 Å². The SMILES string of the molecule is C=CCOC(=O)C1=C(C)N=C2SCCC(=O)N2[C@@H]1c1ccc(OCCC)cc1. The van der Waals surface area contributed by atoms with Crippen LogP contribution in [-0.4, -0.2) is 40.9 Å². The lowest BCUT2D eigenvalue weighted by atomic mass is 9.94. The monoisotopic (exact) mass is 400 g/mol. The number of thioether (sulfide) groups is 1. The number of nitrogens with zero attached hydrogens (tertiary/aromatic N) is 2. The maximum absolute atomic E-state index is 12.8. The van der Waals surface area contributed by atoms with Gasteiger partial charge >= 0.3 is 5.97 Å². The molecule has 2 aliphatic rings. The fourth-order valence-electron chi connectivity index (χ4n) is 3.15. The number of allylic oxidation sites excluding steroid dienone is 1. The van der Waals surface area contributed by atoms with E-state index in [9.17, 15) is 9.59 Å². The lowest BCUT2D eigenvalue weighted by molar-refractivity contribution is -0.139. The summed E-state index contributed by atoms with van der Waals surface area (Å²) >= 11 is 1.53. The number of carbonyl (C=O) groups excluding carboxylic acids is 2. The van der Waals surface area contributed by atoms with Crippen LogP contribution >= 0.6 is 11.8 Å². The summed E-state index contributed by atoms with van der Waals surface area (Å²) in [5, 5.41) is 0.630. The number of fused-ring (bicyclic) bond motifs is 1. The highest BCUT2D eigenvalue weighted by Gasteiger charge is 2.41. The van der Waals surface area contributed by atoms with Gasteiger partial charge < -0.3 is 9.47 Å². The molecule has 148 valence electrons. The summed E-state index contributed by atoms with van der Waals surface area (Å²) in [4.78, 5) is 31.6. The number of hydrogen-bond donors (Lipinski definition) is 0. The first kappa shape index (κ1) is 20.2. The van der Waals surface area contributed by atoms with Crippen LogP contribution in [0.5, 0.6) is 5.75 Å². The maximum Gasteiger partial charge on any atom is 0.338 e. The Labute approximate surface area is 169 Å². The molecule has 0 radical (unpaired) electrons. The first-order valence-electron chi connectivity index (χ1n) is 9.32. The Morgan fingerprint density at radius 3 is 2.82 bits per heavy atom. The predicted molar refractivity (Wildman–Crippen MR) is 110 cm³/mol. The van der Waals surface area contributed by atoms with Gasteiger partial charge in [-0.15, -0.1) is 0 Å². The predicted octanol–water partition coefficient (Wildman–Crippen LogP) is 3.85. The van der Waals surface area contributed by atoms with E-state index < -0.39 is 12.0 Å². The number of esters is 1. The smallest absolute Gasteiger partial charge is 0.338 e. The van der Waals surface area contributed by atoms with Crippen molar-refractivity contribution >= 4 is 28.8 Å². The summed E-state index contributed by atoms with van der Waals surface area (Å²) in [6, 6.07) is 6.93. The lowest BCUT2D eigenvalue weighted by Crippen LogP contribution is -2.45. The van der Waals surface area contributed by atoms with E-state index in [1.165, 1.54) is 17.8 Å². The minimum atomic E-state index is -0.564. The zero-order chi connectivity index (χ0) is 20.1. The largest absolute Gasteiger partial charge is 0.494 e. The molecule has 1 atom stereocenters. The summed E-state index contributed by atoms with van der Waals surface area (Å²) in [7, 11) is 0. The van der Waals surface area contributed by atoms with E-state index in [2.05, 4.69) is 11.6 Å². The highest BCUT2D eigenvalue weighted by molar-refractivity contribution is 8.14. The minimum absolute atomic E-state index is 0.0460. The molecule has 1 saturated heterocycles. The zero-order valence-corrected chi connectivity index (χ0v) is 17.0. The molecule has 0 aliphatic carbocycles. The molecule has 6 nitrogen and oxygen atoms in total. The first-order valence-corrected chi connectivity index (χ1v) is 10.3. The normalized spacial score (nSPS) is 19.1. The minimum Gasteiger partial charge on any atom is -0.494 e. The highest BCUT2D eigenvalue weighted by atomic mass is 32.2. The molecule has 0 spiro atoms. The third kappa shape index (κ3) is 4.14. The summed E-state index contributed by atoms with van der Waals surface area (Å²) in [5.74, 6) is 0.912. The number of hydrogen-bond acceptors (Lipinski definition) is 6. The molecule has 0 saturated carbocycles. The van der Waals surface area contributed by atoms with Crippen molar-refractivity contribution in [2.45, 2.75) is 32.7 Å². The standard InChI is InChI=1S/C21H24N2O4S/c1-4-11-26-16-8-6-15(7-9-16)19-18(20(25)27-12-5-2)14(3)22-21-23(19)17(24)10-13-28-21/h5-9,19H,2,4,10-13H2,1,3H3/t19-/m1/s1. The molecule has 1 aromatic carbocycles. The number of aliphatic imine (C=N–C) groups is 1. The second-order valence-electron chi connectivity index (χ2n) is 6.46. The summed E-state index contributed by atoms with van der Waals surface area (Å²) in [5.41, 5.74) is 1.76. The molecular formula is C21H24N2O4S. The second kappa shape index (κ2) is 9.10. The van der Waals surface area contributed by atoms with Crippen LogP contribution in [-0.2, 0) is 14.3 Å². The fraction of sp³-hybridized carbons (Fsp3) is 0.381. The number of ether oxygens (including phenoxy) is 2. The molecule has 0 aromatic heterocycles. The number of rotatable bonds is 7. The van der Waals surface area contributed by atoms with Crippen molar-refractivity contribution in [2.24, 2.45) is 4.99 Å². The fourth-order valence-corrected chi connectivity index (χ4v) is 4.16. The Hall–Kier alpha value is -2.54. The Balaban J connectivity index is 2.01. The van der Waals surface area contributed by atoms with Crippen molar-refractivity contribution in [2.75, 3.05) is 19.0 Å². The van der Waals surface area contributed by atoms with Crippen LogP contribution in [0.2, 0.25) is 0 Å². The molecule has 3 rings (SSSR count). The summed E-state index contributed by atoms with van der Waals surface area (Å²) in [6.07, 6.45) is 2.85. The van der Waals surface area contributed by atoms with Crippen molar-refractivity contribution < 1.29 is 19.1 Å². The van der Waals surface area contributed by atoms with Crippen LogP contribution in [0, 0.1) is 0 Å². The molecule has 28 heavy (non-hydrogen) atoms. The quantitative estimate of drug-likeness (QED) is 0.514. The molecule has 2 heterocycles. The van der Waals surface area contributed by atoms with Gasteiger partial charge in [0.05, 0.1) is 23.9 Å². The summed E-state index contributed by atoms with van der Waals surface area (Å²) < 4.78 is 10.9. The summed E-state index contributed by atoms with van der Waals surface area (Å²) in [6.45, 7) is 8.15. The van der Waals surface area contributed by atoms with E-state index in [1.807, 2.05) is 31.2 Å². The molecule has 1 amide bonds. The van der Waals surface area contributed by atoms with Crippen molar-refractivity contribution in [1.29, 1.82) is 0 Å². The van der Waals surface area contributed by atoms with Crippen LogP contribution in [0.1, 0.15) is 38.3 Å². The van der Waals surface area contributed by atoms with Crippen LogP contribution in [0.3, 0.4) is 0 Å². The van der Waals surface area contributed by atoms with E-state index in [0.717, 1.165) is 17.7 Å². The van der Waals surface area contributed by atoms with Gasteiger partial charge in [-0.3, -0.25) is 9.69 Å².